The van der Waals surface area contributed by atoms with E-state index in [4.69, 9.17) is 20.8 Å². The number of allylic oxidation sites excluding steroid dienone is 1. The third-order valence-corrected chi connectivity index (χ3v) is 5.74. The molecule has 33 heavy (non-hydrogen) atoms. The van der Waals surface area contributed by atoms with Gasteiger partial charge in [-0.2, -0.15) is 0 Å². The van der Waals surface area contributed by atoms with Crippen LogP contribution in [0.15, 0.2) is 77.4 Å². The van der Waals surface area contributed by atoms with E-state index < -0.39 is 0 Å². The second-order valence-corrected chi connectivity index (χ2v) is 8.40. The number of hydrogen-bond acceptors (Lipinski definition) is 3. The Balaban J connectivity index is 1.64. The Morgan fingerprint density at radius 2 is 1.82 bits per heavy atom. The summed E-state index contributed by atoms with van der Waals surface area (Å²) in [5.41, 5.74) is 6.60. The molecule has 1 aromatic heterocycles. The maximum Gasteiger partial charge on any atom is 0.244 e. The van der Waals surface area contributed by atoms with Crippen molar-refractivity contribution >= 4 is 34.1 Å². The van der Waals surface area contributed by atoms with E-state index in [2.05, 4.69) is 5.32 Å². The smallest absolute Gasteiger partial charge is 0.244 e. The largest absolute Gasteiger partial charge is 0.493 e. The number of amides is 1. The number of nitrogens with one attached hydrogen (secondary N) is 1. The molecule has 5 heteroatoms. The molecule has 0 radical (unpaired) electrons. The fourth-order valence-electron chi connectivity index (χ4n) is 3.71. The number of rotatable bonds is 7. The van der Waals surface area contributed by atoms with Crippen LogP contribution in [-0.2, 0) is 11.3 Å². The molecule has 0 saturated heterocycles. The third kappa shape index (κ3) is 5.29. The van der Waals surface area contributed by atoms with Gasteiger partial charge in [-0.25, -0.2) is 0 Å². The highest BCUT2D eigenvalue weighted by molar-refractivity contribution is 6.30. The normalized spacial score (nSPS) is 11.6. The van der Waals surface area contributed by atoms with E-state index >= 15 is 0 Å². The van der Waals surface area contributed by atoms with Crippen LogP contribution in [0.1, 0.15) is 30.5 Å². The SMILES string of the molecule is CCOc1cc2occ(-c3ccc(Cl)cc3)c2cc1/C(C)=C/C(=O)NCc1ccc(C)cc1. The minimum atomic E-state index is -0.152. The zero-order chi connectivity index (χ0) is 23.4. The van der Waals surface area contributed by atoms with Crippen molar-refractivity contribution in [3.63, 3.8) is 0 Å². The first kappa shape index (κ1) is 22.7. The van der Waals surface area contributed by atoms with Crippen molar-refractivity contribution in [3.8, 4) is 16.9 Å². The number of fused-ring (bicyclic) bond motifs is 1. The van der Waals surface area contributed by atoms with E-state index in [0.717, 1.165) is 38.8 Å². The van der Waals surface area contributed by atoms with Gasteiger partial charge in [0, 0.05) is 40.2 Å². The van der Waals surface area contributed by atoms with Crippen molar-refractivity contribution in [1.29, 1.82) is 0 Å². The summed E-state index contributed by atoms with van der Waals surface area (Å²) >= 11 is 6.05. The highest BCUT2D eigenvalue weighted by atomic mass is 35.5. The van der Waals surface area contributed by atoms with Crippen LogP contribution in [0.2, 0.25) is 5.02 Å². The number of carbonyl (C=O) groups excluding carboxylic acids is 1. The molecule has 168 valence electrons. The number of furan rings is 1. The van der Waals surface area contributed by atoms with Crippen LogP contribution < -0.4 is 10.1 Å². The van der Waals surface area contributed by atoms with Gasteiger partial charge < -0.3 is 14.5 Å². The van der Waals surface area contributed by atoms with Crippen LogP contribution in [0.5, 0.6) is 5.75 Å². The van der Waals surface area contributed by atoms with Gasteiger partial charge in [0.15, 0.2) is 0 Å². The Morgan fingerprint density at radius 3 is 2.52 bits per heavy atom. The standard InChI is InChI=1S/C28H26ClNO3/c1-4-32-26-15-27-24(25(17-33-27)21-9-11-22(29)12-10-21)14-23(26)19(3)13-28(31)30-16-20-7-5-18(2)6-8-20/h5-15,17H,4,16H2,1-3H3,(H,30,31)/b19-13+. The van der Waals surface area contributed by atoms with Crippen LogP contribution in [-0.4, -0.2) is 12.5 Å². The average Bonchev–Trinajstić information content (AvgIpc) is 3.21. The number of ether oxygens (including phenoxy) is 1. The van der Waals surface area contributed by atoms with Gasteiger partial charge >= 0.3 is 0 Å². The molecule has 0 atom stereocenters. The van der Waals surface area contributed by atoms with Crippen LogP contribution in [0.3, 0.4) is 0 Å². The first-order valence-corrected chi connectivity index (χ1v) is 11.3. The van der Waals surface area contributed by atoms with Gasteiger partial charge in [-0.05, 0) is 55.7 Å². The summed E-state index contributed by atoms with van der Waals surface area (Å²) in [6.45, 7) is 6.87. The average molecular weight is 460 g/mol. The van der Waals surface area contributed by atoms with Gasteiger partial charge in [-0.15, -0.1) is 0 Å². The highest BCUT2D eigenvalue weighted by Crippen LogP contribution is 2.37. The molecule has 0 unspecified atom stereocenters. The lowest BCUT2D eigenvalue weighted by Crippen LogP contribution is -2.20. The minimum absolute atomic E-state index is 0.152. The summed E-state index contributed by atoms with van der Waals surface area (Å²) in [6.07, 6.45) is 3.35. The molecule has 0 aliphatic carbocycles. The van der Waals surface area contributed by atoms with E-state index in [1.165, 1.54) is 5.56 Å². The van der Waals surface area contributed by atoms with E-state index in [1.54, 1.807) is 12.3 Å². The Kier molecular flexibility index (Phi) is 6.85. The molecule has 4 nitrogen and oxygen atoms in total. The quantitative estimate of drug-likeness (QED) is 0.298. The molecule has 4 rings (SSSR count). The van der Waals surface area contributed by atoms with Gasteiger partial charge in [0.2, 0.25) is 5.91 Å². The Bertz CT molecular complexity index is 1300. The Morgan fingerprint density at radius 1 is 1.09 bits per heavy atom. The number of halogens is 1. The van der Waals surface area contributed by atoms with Crippen molar-refractivity contribution < 1.29 is 13.9 Å². The molecule has 0 aliphatic rings. The van der Waals surface area contributed by atoms with Crippen molar-refractivity contribution in [1.82, 2.24) is 5.32 Å². The van der Waals surface area contributed by atoms with Gasteiger partial charge in [0.05, 0.1) is 12.9 Å². The molecule has 1 heterocycles. The first-order chi connectivity index (χ1) is 15.9. The lowest BCUT2D eigenvalue weighted by Gasteiger charge is -2.12. The fourth-order valence-corrected chi connectivity index (χ4v) is 3.84. The lowest BCUT2D eigenvalue weighted by atomic mass is 9.99. The molecule has 0 aliphatic heterocycles. The number of aryl methyl sites for hydroxylation is 1. The molecule has 0 spiro atoms. The van der Waals surface area contributed by atoms with Gasteiger partial charge in [-0.3, -0.25) is 4.79 Å². The van der Waals surface area contributed by atoms with E-state index in [1.807, 2.05) is 81.4 Å². The molecule has 0 saturated carbocycles. The molecule has 3 aromatic carbocycles. The molecule has 0 bridgehead atoms. The summed E-state index contributed by atoms with van der Waals surface area (Å²) in [5, 5.41) is 4.59. The summed E-state index contributed by atoms with van der Waals surface area (Å²) in [6, 6.07) is 19.7. The Hall–Kier alpha value is -3.50. The number of carbonyl (C=O) groups is 1. The van der Waals surface area contributed by atoms with Gasteiger partial charge in [-0.1, -0.05) is 53.6 Å². The van der Waals surface area contributed by atoms with Gasteiger partial charge in [0.25, 0.3) is 0 Å². The zero-order valence-electron chi connectivity index (χ0n) is 18.9. The molecule has 1 amide bonds. The van der Waals surface area contributed by atoms with E-state index in [9.17, 15) is 4.79 Å². The molecular formula is C28H26ClNO3. The first-order valence-electron chi connectivity index (χ1n) is 10.9. The molecule has 4 aromatic rings. The molecular weight excluding hydrogens is 434 g/mol. The van der Waals surface area contributed by atoms with Crippen molar-refractivity contribution in [3.05, 3.63) is 94.7 Å². The summed E-state index contributed by atoms with van der Waals surface area (Å²) in [5.74, 6) is 0.530. The number of benzene rings is 3. The maximum absolute atomic E-state index is 12.6. The van der Waals surface area contributed by atoms with E-state index in [0.29, 0.717) is 23.9 Å². The summed E-state index contributed by atoms with van der Waals surface area (Å²) in [4.78, 5) is 12.6. The topological polar surface area (TPSA) is 51.5 Å². The second kappa shape index (κ2) is 9.97. The van der Waals surface area contributed by atoms with Gasteiger partial charge in [0.1, 0.15) is 11.3 Å². The van der Waals surface area contributed by atoms with Crippen LogP contribution >= 0.6 is 11.6 Å². The minimum Gasteiger partial charge on any atom is -0.493 e. The van der Waals surface area contributed by atoms with Crippen molar-refractivity contribution in [2.75, 3.05) is 6.61 Å². The van der Waals surface area contributed by atoms with Crippen LogP contribution in [0.25, 0.3) is 27.7 Å². The van der Waals surface area contributed by atoms with Crippen LogP contribution in [0.4, 0.5) is 0 Å². The molecule has 1 N–H and O–H groups in total. The van der Waals surface area contributed by atoms with E-state index in [-0.39, 0.29) is 5.91 Å². The van der Waals surface area contributed by atoms with Crippen molar-refractivity contribution in [2.45, 2.75) is 27.3 Å². The van der Waals surface area contributed by atoms with Crippen molar-refractivity contribution in [2.24, 2.45) is 0 Å². The lowest BCUT2D eigenvalue weighted by molar-refractivity contribution is -0.116. The number of hydrogen-bond donors (Lipinski definition) is 1. The maximum atomic E-state index is 12.6. The molecule has 0 fully saturated rings. The summed E-state index contributed by atoms with van der Waals surface area (Å²) < 4.78 is 11.7. The van der Waals surface area contributed by atoms with Crippen LogP contribution in [0, 0.1) is 6.92 Å². The predicted octanol–water partition coefficient (Wildman–Crippen LogP) is 7.18. The monoisotopic (exact) mass is 459 g/mol. The highest BCUT2D eigenvalue weighted by Gasteiger charge is 2.15. The summed E-state index contributed by atoms with van der Waals surface area (Å²) in [7, 11) is 0. The third-order valence-electron chi connectivity index (χ3n) is 5.49. The fraction of sp³-hybridized carbons (Fsp3) is 0.179. The second-order valence-electron chi connectivity index (χ2n) is 7.96. The predicted molar refractivity (Wildman–Crippen MR) is 135 cm³/mol. The zero-order valence-corrected chi connectivity index (χ0v) is 19.7. The Labute approximate surface area is 198 Å².